The van der Waals surface area contributed by atoms with Gasteiger partial charge in [-0.1, -0.05) is 30.1 Å². The van der Waals surface area contributed by atoms with Gasteiger partial charge < -0.3 is 9.73 Å². The summed E-state index contributed by atoms with van der Waals surface area (Å²) in [5.74, 6) is 0.932. The molecule has 0 spiro atoms. The summed E-state index contributed by atoms with van der Waals surface area (Å²) in [7, 11) is 0. The summed E-state index contributed by atoms with van der Waals surface area (Å²) in [6.07, 6.45) is 3.20. The Morgan fingerprint density at radius 2 is 2.24 bits per heavy atom. The molecule has 1 amide bonds. The first kappa shape index (κ1) is 20.3. The van der Waals surface area contributed by atoms with Gasteiger partial charge in [-0.15, -0.1) is 11.3 Å². The van der Waals surface area contributed by atoms with Crippen molar-refractivity contribution >= 4 is 45.6 Å². The van der Waals surface area contributed by atoms with Crippen molar-refractivity contribution in [3.8, 4) is 11.3 Å². The van der Waals surface area contributed by atoms with Crippen molar-refractivity contribution in [3.63, 3.8) is 0 Å². The van der Waals surface area contributed by atoms with Crippen molar-refractivity contribution in [2.45, 2.75) is 32.7 Å². The van der Waals surface area contributed by atoms with E-state index in [1.807, 2.05) is 0 Å². The van der Waals surface area contributed by atoms with E-state index in [4.69, 9.17) is 27.6 Å². The minimum atomic E-state index is -0.104. The molecular formula is C20H20Cl2N4O2S. The van der Waals surface area contributed by atoms with E-state index in [9.17, 15) is 4.79 Å². The number of oxazole rings is 1. The first-order valence-corrected chi connectivity index (χ1v) is 11.0. The van der Waals surface area contributed by atoms with E-state index >= 15 is 0 Å². The number of aryl methyl sites for hydroxylation is 1. The maximum Gasteiger partial charge on any atom is 0.226 e. The Balaban J connectivity index is 1.34. The van der Waals surface area contributed by atoms with Crippen LogP contribution in [0.15, 0.2) is 28.8 Å². The molecule has 0 aliphatic carbocycles. The standard InChI is InChI=1S/C20H20Cl2N4O2S/c1-2-26-8-7-15-17(11-26)29-20(24-15)25-18(27)5-6-19-23-10-16(28-19)13-4-3-12(21)9-14(13)22/h3-4,9-10H,2,5-8,11H2,1H3,(H,24,25,27). The van der Waals surface area contributed by atoms with E-state index in [2.05, 4.69) is 27.1 Å². The molecule has 0 radical (unpaired) electrons. The van der Waals surface area contributed by atoms with Crippen LogP contribution in [-0.2, 0) is 24.2 Å². The maximum atomic E-state index is 12.3. The van der Waals surface area contributed by atoms with Gasteiger partial charge in [0.05, 0.1) is 16.9 Å². The van der Waals surface area contributed by atoms with Gasteiger partial charge in [-0.05, 0) is 24.7 Å². The molecule has 1 aliphatic rings. The average molecular weight is 451 g/mol. The molecule has 1 aromatic carbocycles. The summed E-state index contributed by atoms with van der Waals surface area (Å²) in [6, 6.07) is 5.18. The quantitative estimate of drug-likeness (QED) is 0.568. The summed E-state index contributed by atoms with van der Waals surface area (Å²) < 4.78 is 5.74. The van der Waals surface area contributed by atoms with Crippen LogP contribution in [-0.4, -0.2) is 33.9 Å². The molecule has 0 saturated heterocycles. The van der Waals surface area contributed by atoms with Crippen LogP contribution in [0.4, 0.5) is 5.13 Å². The fraction of sp³-hybridized carbons (Fsp3) is 0.350. The summed E-state index contributed by atoms with van der Waals surface area (Å²) >= 11 is 13.7. The molecule has 0 fully saturated rings. The molecule has 0 atom stereocenters. The van der Waals surface area contributed by atoms with E-state index in [0.29, 0.717) is 38.8 Å². The molecule has 29 heavy (non-hydrogen) atoms. The van der Waals surface area contributed by atoms with Crippen molar-refractivity contribution in [2.24, 2.45) is 0 Å². The van der Waals surface area contributed by atoms with Crippen LogP contribution in [0.25, 0.3) is 11.3 Å². The molecular weight excluding hydrogens is 431 g/mol. The number of nitrogens with one attached hydrogen (secondary N) is 1. The molecule has 0 saturated carbocycles. The van der Waals surface area contributed by atoms with Gasteiger partial charge >= 0.3 is 0 Å². The zero-order valence-corrected chi connectivity index (χ0v) is 18.2. The second-order valence-electron chi connectivity index (χ2n) is 6.80. The molecule has 152 valence electrons. The summed E-state index contributed by atoms with van der Waals surface area (Å²) in [5, 5.41) is 4.62. The maximum absolute atomic E-state index is 12.3. The monoisotopic (exact) mass is 450 g/mol. The fourth-order valence-corrected chi connectivity index (χ4v) is 4.78. The SMILES string of the molecule is CCN1CCc2nc(NC(=O)CCc3ncc(-c4ccc(Cl)cc4Cl)o3)sc2C1. The lowest BCUT2D eigenvalue weighted by atomic mass is 10.2. The first-order chi connectivity index (χ1) is 14.0. The molecule has 3 aromatic rings. The number of fused-ring (bicyclic) bond motifs is 1. The van der Waals surface area contributed by atoms with Crippen LogP contribution in [0, 0.1) is 0 Å². The van der Waals surface area contributed by atoms with Gasteiger partial charge in [-0.2, -0.15) is 0 Å². The van der Waals surface area contributed by atoms with Crippen LogP contribution in [0.1, 0.15) is 29.8 Å². The Hall–Kier alpha value is -1.93. The highest BCUT2D eigenvalue weighted by atomic mass is 35.5. The Morgan fingerprint density at radius 1 is 1.38 bits per heavy atom. The third kappa shape index (κ3) is 4.80. The van der Waals surface area contributed by atoms with Crippen molar-refractivity contribution in [1.29, 1.82) is 0 Å². The van der Waals surface area contributed by atoms with E-state index < -0.39 is 0 Å². The number of amides is 1. The largest absolute Gasteiger partial charge is 0.441 e. The minimum Gasteiger partial charge on any atom is -0.441 e. The number of nitrogens with zero attached hydrogens (tertiary/aromatic N) is 3. The van der Waals surface area contributed by atoms with Crippen LogP contribution < -0.4 is 5.32 Å². The zero-order chi connectivity index (χ0) is 20.4. The molecule has 0 unspecified atom stereocenters. The summed E-state index contributed by atoms with van der Waals surface area (Å²) in [4.78, 5) is 24.8. The van der Waals surface area contributed by atoms with Crippen molar-refractivity contribution < 1.29 is 9.21 Å². The van der Waals surface area contributed by atoms with E-state index in [1.165, 1.54) is 4.88 Å². The topological polar surface area (TPSA) is 71.3 Å². The predicted octanol–water partition coefficient (Wildman–Crippen LogP) is 5.05. The van der Waals surface area contributed by atoms with Crippen LogP contribution in [0.2, 0.25) is 10.0 Å². The normalized spacial score (nSPS) is 14.0. The van der Waals surface area contributed by atoms with Gasteiger partial charge in [0.25, 0.3) is 0 Å². The Kier molecular flexibility index (Phi) is 6.20. The molecule has 4 rings (SSSR count). The molecule has 9 heteroatoms. The lowest BCUT2D eigenvalue weighted by molar-refractivity contribution is -0.116. The van der Waals surface area contributed by atoms with Crippen LogP contribution >= 0.6 is 34.5 Å². The third-order valence-corrected chi connectivity index (χ3v) is 6.37. The average Bonchev–Trinajstić information content (AvgIpc) is 3.32. The first-order valence-electron chi connectivity index (χ1n) is 9.42. The number of carbonyl (C=O) groups excluding carboxylic acids is 1. The second kappa shape index (κ2) is 8.83. The Labute approximate surface area is 182 Å². The summed E-state index contributed by atoms with van der Waals surface area (Å²) in [5.41, 5.74) is 1.82. The highest BCUT2D eigenvalue weighted by molar-refractivity contribution is 7.15. The molecule has 6 nitrogen and oxygen atoms in total. The van der Waals surface area contributed by atoms with Crippen molar-refractivity contribution in [2.75, 3.05) is 18.4 Å². The number of hydrogen-bond acceptors (Lipinski definition) is 6. The minimum absolute atomic E-state index is 0.104. The van der Waals surface area contributed by atoms with Gasteiger partial charge in [0.1, 0.15) is 0 Å². The molecule has 3 heterocycles. The second-order valence-corrected chi connectivity index (χ2v) is 8.73. The lowest BCUT2D eigenvalue weighted by Crippen LogP contribution is -2.29. The predicted molar refractivity (Wildman–Crippen MR) is 116 cm³/mol. The number of thiazole rings is 1. The number of benzene rings is 1. The third-order valence-electron chi connectivity index (χ3n) is 4.82. The molecule has 1 N–H and O–H groups in total. The Bertz CT molecular complexity index is 1030. The van der Waals surface area contributed by atoms with Gasteiger partial charge in [-0.3, -0.25) is 9.69 Å². The summed E-state index contributed by atoms with van der Waals surface area (Å²) in [6.45, 7) is 5.11. The Morgan fingerprint density at radius 3 is 3.03 bits per heavy atom. The van der Waals surface area contributed by atoms with Crippen LogP contribution in [0.3, 0.4) is 0 Å². The van der Waals surface area contributed by atoms with E-state index in [-0.39, 0.29) is 12.3 Å². The highest BCUT2D eigenvalue weighted by Gasteiger charge is 2.20. The van der Waals surface area contributed by atoms with Crippen molar-refractivity contribution in [3.05, 3.63) is 50.9 Å². The molecule has 1 aliphatic heterocycles. The van der Waals surface area contributed by atoms with E-state index in [1.54, 1.807) is 35.7 Å². The van der Waals surface area contributed by atoms with Gasteiger partial charge in [0.15, 0.2) is 16.8 Å². The lowest BCUT2D eigenvalue weighted by Gasteiger charge is -2.23. The van der Waals surface area contributed by atoms with Gasteiger partial charge in [0, 0.05) is 47.8 Å². The fourth-order valence-electron chi connectivity index (χ4n) is 3.21. The smallest absolute Gasteiger partial charge is 0.226 e. The number of likely N-dealkylation sites (N-methyl/N-ethyl adjacent to an activating group) is 1. The number of rotatable bonds is 6. The van der Waals surface area contributed by atoms with Gasteiger partial charge in [-0.25, -0.2) is 9.97 Å². The zero-order valence-electron chi connectivity index (χ0n) is 15.9. The number of halogens is 2. The van der Waals surface area contributed by atoms with Crippen molar-refractivity contribution in [1.82, 2.24) is 14.9 Å². The van der Waals surface area contributed by atoms with Crippen LogP contribution in [0.5, 0.6) is 0 Å². The van der Waals surface area contributed by atoms with E-state index in [0.717, 1.165) is 31.7 Å². The number of aromatic nitrogens is 2. The number of anilines is 1. The molecule has 0 bridgehead atoms. The number of hydrogen-bond donors (Lipinski definition) is 1. The molecule has 2 aromatic heterocycles. The number of carbonyl (C=O) groups is 1. The highest BCUT2D eigenvalue weighted by Crippen LogP contribution is 2.31. The van der Waals surface area contributed by atoms with Gasteiger partial charge in [0.2, 0.25) is 5.91 Å².